The lowest BCUT2D eigenvalue weighted by Crippen LogP contribution is -2.67. The normalized spacial score (nSPS) is 34.2. The summed E-state index contributed by atoms with van der Waals surface area (Å²) in [5.41, 5.74) is -0.579. The average Bonchev–Trinajstić information content (AvgIpc) is 2.76. The van der Waals surface area contributed by atoms with Gasteiger partial charge in [0.05, 0.1) is 12.0 Å². The highest BCUT2D eigenvalue weighted by Gasteiger charge is 2.69. The molecule has 1 spiro atoms. The van der Waals surface area contributed by atoms with Gasteiger partial charge in [0.1, 0.15) is 11.3 Å². The predicted molar refractivity (Wildman–Crippen MR) is 121 cm³/mol. The van der Waals surface area contributed by atoms with Crippen LogP contribution in [0.3, 0.4) is 0 Å². The Morgan fingerprint density at radius 3 is 2.51 bits per heavy atom. The second-order valence-electron chi connectivity index (χ2n) is 9.88. The van der Waals surface area contributed by atoms with Crippen LogP contribution in [0.5, 0.6) is 5.75 Å². The highest BCUT2D eigenvalue weighted by molar-refractivity contribution is 14.1. The van der Waals surface area contributed by atoms with Gasteiger partial charge in [-0.2, -0.15) is 17.2 Å². The molecule has 1 heterocycles. The smallest absolute Gasteiger partial charge is 0.400 e. The summed E-state index contributed by atoms with van der Waals surface area (Å²) in [6.07, 6.45) is -1.85. The molecule has 5 aliphatic rings. The summed E-state index contributed by atoms with van der Waals surface area (Å²) < 4.78 is 88.6. The number of halogens is 4. The van der Waals surface area contributed by atoms with Crippen LogP contribution in [-0.2, 0) is 24.4 Å². The van der Waals surface area contributed by atoms with Crippen molar-refractivity contribution in [1.29, 1.82) is 0 Å². The van der Waals surface area contributed by atoms with Gasteiger partial charge < -0.3 is 14.2 Å². The number of ether oxygens (including phenoxy) is 3. The summed E-state index contributed by atoms with van der Waals surface area (Å²) >= 11 is 2.04. The molecule has 1 aliphatic heterocycles. The maximum absolute atomic E-state index is 13.8. The molecule has 4 saturated carbocycles. The van der Waals surface area contributed by atoms with E-state index in [0.29, 0.717) is 47.0 Å². The number of hydrogen-bond acceptors (Lipinski definition) is 7. The van der Waals surface area contributed by atoms with Crippen LogP contribution in [0.1, 0.15) is 48.9 Å². The van der Waals surface area contributed by atoms with Crippen molar-refractivity contribution in [3.8, 4) is 5.75 Å². The Hall–Kier alpha value is -1.61. The largest absolute Gasteiger partial charge is 0.465 e. The number of carbonyl (C=O) groups is 2. The Balaban J connectivity index is 1.30. The zero-order chi connectivity index (χ0) is 25.4. The minimum absolute atomic E-state index is 0.156. The fraction of sp³-hybridized carbons (Fsp3) is 0.636. The SMILES string of the molecule is O=C1OC2(Oc3cccc(I)c31)C1CC3CC2CC(C(=O)OCCC(F)C(F)(F)S(=O)(=O)O)(C3)C1. The lowest BCUT2D eigenvalue weighted by molar-refractivity contribution is -0.294. The van der Waals surface area contributed by atoms with Crippen molar-refractivity contribution in [3.05, 3.63) is 27.3 Å². The maximum atomic E-state index is 13.8. The molecule has 8 nitrogen and oxygen atoms in total. The molecule has 1 aromatic carbocycles. The zero-order valence-corrected chi connectivity index (χ0v) is 21.2. The first-order valence-corrected chi connectivity index (χ1v) is 13.7. The van der Waals surface area contributed by atoms with Crippen LogP contribution in [0.4, 0.5) is 13.2 Å². The maximum Gasteiger partial charge on any atom is 0.400 e. The number of fused-ring (bicyclic) bond motifs is 1. The van der Waals surface area contributed by atoms with E-state index in [4.69, 9.17) is 18.8 Å². The average molecular weight is 630 g/mol. The van der Waals surface area contributed by atoms with Gasteiger partial charge in [0.25, 0.3) is 5.79 Å². The number of hydrogen-bond donors (Lipinski definition) is 1. The van der Waals surface area contributed by atoms with Gasteiger partial charge in [0, 0.05) is 21.8 Å². The molecule has 4 aliphatic carbocycles. The summed E-state index contributed by atoms with van der Waals surface area (Å²) in [5.74, 6) is -2.32. The number of rotatable bonds is 6. The van der Waals surface area contributed by atoms with Crippen molar-refractivity contribution >= 4 is 44.6 Å². The summed E-state index contributed by atoms with van der Waals surface area (Å²) in [4.78, 5) is 26.0. The van der Waals surface area contributed by atoms with E-state index < -0.39 is 57.7 Å². The number of benzene rings is 1. The molecule has 6 rings (SSSR count). The van der Waals surface area contributed by atoms with E-state index in [2.05, 4.69) is 0 Å². The molecule has 0 amide bonds. The van der Waals surface area contributed by atoms with Gasteiger partial charge in [0.15, 0.2) is 6.17 Å². The zero-order valence-electron chi connectivity index (χ0n) is 18.2. The topological polar surface area (TPSA) is 116 Å². The lowest BCUT2D eigenvalue weighted by atomic mass is 9.47. The fourth-order valence-electron chi connectivity index (χ4n) is 6.42. The van der Waals surface area contributed by atoms with Gasteiger partial charge in [-0.25, -0.2) is 9.18 Å². The molecule has 1 aromatic rings. The first-order chi connectivity index (χ1) is 16.3. The van der Waals surface area contributed by atoms with Crippen LogP contribution in [0, 0.1) is 26.7 Å². The Kier molecular flexibility index (Phi) is 5.87. The number of carbonyl (C=O) groups excluding carboxylic acids is 2. The van der Waals surface area contributed by atoms with E-state index in [9.17, 15) is 31.2 Å². The fourth-order valence-corrected chi connectivity index (χ4v) is 7.56. The van der Waals surface area contributed by atoms with Crippen molar-refractivity contribution in [2.75, 3.05) is 6.61 Å². The van der Waals surface area contributed by atoms with Crippen molar-refractivity contribution in [3.63, 3.8) is 0 Å². The summed E-state index contributed by atoms with van der Waals surface area (Å²) in [5, 5.41) is -5.00. The number of esters is 2. The summed E-state index contributed by atoms with van der Waals surface area (Å²) in [6, 6.07) is 5.27. The molecule has 0 aromatic heterocycles. The quantitative estimate of drug-likeness (QED) is 0.284. The highest BCUT2D eigenvalue weighted by Crippen LogP contribution is 2.66. The van der Waals surface area contributed by atoms with E-state index in [-0.39, 0.29) is 17.8 Å². The molecule has 192 valence electrons. The van der Waals surface area contributed by atoms with Crippen molar-refractivity contribution in [2.24, 2.45) is 23.2 Å². The van der Waals surface area contributed by atoms with Gasteiger partial charge in [-0.3, -0.25) is 9.35 Å². The van der Waals surface area contributed by atoms with Crippen molar-refractivity contribution in [2.45, 2.75) is 55.7 Å². The van der Waals surface area contributed by atoms with Crippen LogP contribution in [0.2, 0.25) is 0 Å². The molecule has 35 heavy (non-hydrogen) atoms. The summed E-state index contributed by atoms with van der Waals surface area (Å²) in [7, 11) is -5.94. The summed E-state index contributed by atoms with van der Waals surface area (Å²) in [6.45, 7) is -0.769. The first kappa shape index (κ1) is 25.1. The molecule has 3 atom stereocenters. The third-order valence-corrected chi connectivity index (χ3v) is 9.62. The van der Waals surface area contributed by atoms with E-state index in [0.717, 1.165) is 0 Å². The third-order valence-electron chi connectivity index (χ3n) is 7.77. The predicted octanol–water partition coefficient (Wildman–Crippen LogP) is 4.12. The van der Waals surface area contributed by atoms with E-state index in [1.54, 1.807) is 18.2 Å². The molecule has 1 N–H and O–H groups in total. The van der Waals surface area contributed by atoms with Crippen molar-refractivity contribution < 1.29 is 49.9 Å². The Bertz CT molecular complexity index is 1170. The standard InChI is InChI=1S/C22H22F3IO8S/c23-16(22(24,25)35(29,30)31)4-5-32-19(28)20-8-11-6-12(9-20)21(13(7-11)10-20)33-15-3-1-2-14(26)17(15)18(27)34-21/h1-3,11-13,16H,4-10H2,(H,29,30,31). The molecule has 4 fully saturated rings. The second-order valence-corrected chi connectivity index (χ2v) is 12.5. The lowest BCUT2D eigenvalue weighted by Gasteiger charge is -2.62. The Labute approximate surface area is 212 Å². The van der Waals surface area contributed by atoms with Crippen LogP contribution in [0.25, 0.3) is 0 Å². The molecule has 0 saturated heterocycles. The monoisotopic (exact) mass is 630 g/mol. The minimum atomic E-state index is -5.94. The van der Waals surface area contributed by atoms with Crippen molar-refractivity contribution in [1.82, 2.24) is 0 Å². The van der Waals surface area contributed by atoms with Gasteiger partial charge >= 0.3 is 27.3 Å². The van der Waals surface area contributed by atoms with Crippen LogP contribution >= 0.6 is 22.6 Å². The van der Waals surface area contributed by atoms with Crippen LogP contribution in [-0.4, -0.2) is 48.7 Å². The third kappa shape index (κ3) is 3.83. The van der Waals surface area contributed by atoms with Gasteiger partial charge in [-0.05, 0) is 72.7 Å². The molecular formula is C22H22F3IO8S. The van der Waals surface area contributed by atoms with Gasteiger partial charge in [-0.1, -0.05) is 6.07 Å². The van der Waals surface area contributed by atoms with E-state index in [1.165, 1.54) is 0 Å². The van der Waals surface area contributed by atoms with Crippen LogP contribution in [0.15, 0.2) is 18.2 Å². The minimum Gasteiger partial charge on any atom is -0.465 e. The first-order valence-electron chi connectivity index (χ1n) is 11.2. The van der Waals surface area contributed by atoms with E-state index in [1.807, 2.05) is 22.6 Å². The molecular weight excluding hydrogens is 608 g/mol. The highest BCUT2D eigenvalue weighted by atomic mass is 127. The molecule has 0 radical (unpaired) electrons. The van der Waals surface area contributed by atoms with E-state index >= 15 is 0 Å². The second kappa shape index (κ2) is 8.20. The Morgan fingerprint density at radius 1 is 1.23 bits per heavy atom. The Morgan fingerprint density at radius 2 is 1.89 bits per heavy atom. The van der Waals surface area contributed by atoms with Gasteiger partial charge in [-0.15, -0.1) is 0 Å². The molecule has 4 bridgehead atoms. The molecule has 13 heteroatoms. The molecule has 3 unspecified atom stereocenters. The van der Waals surface area contributed by atoms with Gasteiger partial charge in [0.2, 0.25) is 0 Å². The number of alkyl halides is 3. The van der Waals surface area contributed by atoms with Crippen LogP contribution < -0.4 is 4.74 Å².